The molecule has 0 saturated heterocycles. The second kappa shape index (κ2) is 10.3. The van der Waals surface area contributed by atoms with Gasteiger partial charge < -0.3 is 5.73 Å². The van der Waals surface area contributed by atoms with Gasteiger partial charge in [0.1, 0.15) is 10.7 Å². The van der Waals surface area contributed by atoms with Gasteiger partial charge in [-0.05, 0) is 35.6 Å². The lowest BCUT2D eigenvalue weighted by atomic mass is 9.96. The maximum Gasteiger partial charge on any atom is 0.244 e. The van der Waals surface area contributed by atoms with Crippen LogP contribution in [0.1, 0.15) is 62.0 Å². The van der Waals surface area contributed by atoms with Crippen molar-refractivity contribution >= 4 is 21.6 Å². The van der Waals surface area contributed by atoms with Crippen LogP contribution < -0.4 is 5.73 Å². The van der Waals surface area contributed by atoms with E-state index in [0.717, 1.165) is 26.8 Å². The molecule has 2 rings (SSSR count). The first-order valence-corrected chi connectivity index (χ1v) is 12.1. The SMILES string of the molecule is CC(C)c1nn(Cc2ccc(S(=O)(=O)N(C)C)c(Cl)c2)c(C(C)C)c1CC(F)=CCN. The average Bonchev–Trinajstić information content (AvgIpc) is 2.99. The largest absolute Gasteiger partial charge is 0.327 e. The van der Waals surface area contributed by atoms with E-state index in [1.807, 2.05) is 32.4 Å². The molecule has 0 amide bonds. The maximum atomic E-state index is 14.4. The van der Waals surface area contributed by atoms with Gasteiger partial charge in [-0.1, -0.05) is 45.4 Å². The fourth-order valence-corrected chi connectivity index (χ4v) is 4.97. The highest BCUT2D eigenvalue weighted by Crippen LogP contribution is 2.31. The van der Waals surface area contributed by atoms with Crippen LogP contribution in [-0.4, -0.2) is 43.1 Å². The Morgan fingerprint density at radius 3 is 2.39 bits per heavy atom. The van der Waals surface area contributed by atoms with Crippen LogP contribution in [0.2, 0.25) is 5.02 Å². The van der Waals surface area contributed by atoms with Crippen LogP contribution in [0.4, 0.5) is 4.39 Å². The summed E-state index contributed by atoms with van der Waals surface area (Å²) in [6, 6.07) is 4.89. The van der Waals surface area contributed by atoms with E-state index in [2.05, 4.69) is 0 Å². The number of sulfonamides is 1. The Balaban J connectivity index is 2.52. The zero-order chi connectivity index (χ0) is 23.5. The molecule has 2 N–H and O–H groups in total. The predicted molar refractivity (Wildman–Crippen MR) is 124 cm³/mol. The predicted octanol–water partition coefficient (Wildman–Crippen LogP) is 4.44. The number of aromatic nitrogens is 2. The third kappa shape index (κ3) is 5.74. The molecule has 0 atom stereocenters. The summed E-state index contributed by atoms with van der Waals surface area (Å²) >= 11 is 6.31. The van der Waals surface area contributed by atoms with Gasteiger partial charge in [-0.3, -0.25) is 4.68 Å². The van der Waals surface area contributed by atoms with Crippen molar-refractivity contribution in [2.24, 2.45) is 5.73 Å². The van der Waals surface area contributed by atoms with Gasteiger partial charge in [0.2, 0.25) is 10.0 Å². The molecule has 0 bridgehead atoms. The molecule has 0 fully saturated rings. The lowest BCUT2D eigenvalue weighted by Crippen LogP contribution is -2.22. The highest BCUT2D eigenvalue weighted by Gasteiger charge is 2.24. The van der Waals surface area contributed by atoms with Crippen molar-refractivity contribution in [1.29, 1.82) is 0 Å². The van der Waals surface area contributed by atoms with Crippen LogP contribution in [0.5, 0.6) is 0 Å². The van der Waals surface area contributed by atoms with Crippen LogP contribution in [0, 0.1) is 0 Å². The molecule has 0 radical (unpaired) electrons. The molecular weight excluding hydrogens is 439 g/mol. The van der Waals surface area contributed by atoms with Gasteiger partial charge in [0.15, 0.2) is 0 Å². The van der Waals surface area contributed by atoms with Crippen LogP contribution in [0.3, 0.4) is 0 Å². The molecule has 1 aromatic heterocycles. The number of nitrogens with zero attached hydrogens (tertiary/aromatic N) is 3. The summed E-state index contributed by atoms with van der Waals surface area (Å²) in [6.45, 7) is 8.70. The summed E-state index contributed by atoms with van der Waals surface area (Å²) < 4.78 is 42.2. The summed E-state index contributed by atoms with van der Waals surface area (Å²) in [4.78, 5) is 0.0602. The number of hydrogen-bond donors (Lipinski definition) is 1. The van der Waals surface area contributed by atoms with Crippen LogP contribution in [0.25, 0.3) is 0 Å². The van der Waals surface area contributed by atoms with Gasteiger partial charge >= 0.3 is 0 Å². The molecule has 172 valence electrons. The summed E-state index contributed by atoms with van der Waals surface area (Å²) in [6.07, 6.45) is 1.54. The van der Waals surface area contributed by atoms with Gasteiger partial charge in [0.25, 0.3) is 0 Å². The normalized spacial score (nSPS) is 13.1. The molecule has 31 heavy (non-hydrogen) atoms. The monoisotopic (exact) mass is 470 g/mol. The molecule has 9 heteroatoms. The topological polar surface area (TPSA) is 81.2 Å². The highest BCUT2D eigenvalue weighted by atomic mass is 35.5. The van der Waals surface area contributed by atoms with Gasteiger partial charge in [0.05, 0.1) is 17.3 Å². The second-order valence-electron chi connectivity index (χ2n) is 8.33. The lowest BCUT2D eigenvalue weighted by molar-refractivity contribution is 0.520. The summed E-state index contributed by atoms with van der Waals surface area (Å²) in [5.74, 6) is -0.0349. The standard InChI is InChI=1S/C22H32ClFN4O2S/c1-14(2)21-18(12-17(24)9-10-25)22(15(3)4)28(26-21)13-16-7-8-20(19(23)11-16)31(29,30)27(5)6/h7-9,11,14-15H,10,12-13,25H2,1-6H3. The van der Waals surface area contributed by atoms with E-state index in [9.17, 15) is 12.8 Å². The molecule has 1 aromatic carbocycles. The second-order valence-corrected chi connectivity index (χ2v) is 10.9. The van der Waals surface area contributed by atoms with E-state index in [1.54, 1.807) is 12.1 Å². The van der Waals surface area contributed by atoms with E-state index < -0.39 is 10.0 Å². The van der Waals surface area contributed by atoms with E-state index in [-0.39, 0.29) is 40.5 Å². The Morgan fingerprint density at radius 1 is 1.26 bits per heavy atom. The number of allylic oxidation sites excluding steroid dienone is 1. The van der Waals surface area contributed by atoms with E-state index in [4.69, 9.17) is 22.4 Å². The minimum atomic E-state index is -3.63. The zero-order valence-electron chi connectivity index (χ0n) is 19.0. The van der Waals surface area contributed by atoms with Crippen LogP contribution >= 0.6 is 11.6 Å². The molecule has 0 spiro atoms. The molecule has 0 saturated carbocycles. The molecule has 0 unspecified atom stereocenters. The van der Waals surface area contributed by atoms with E-state index in [0.29, 0.717) is 6.54 Å². The van der Waals surface area contributed by atoms with Crippen molar-refractivity contribution in [3.63, 3.8) is 0 Å². The Bertz CT molecular complexity index is 1060. The van der Waals surface area contributed by atoms with Gasteiger partial charge in [-0.15, -0.1) is 0 Å². The van der Waals surface area contributed by atoms with Crippen molar-refractivity contribution in [3.8, 4) is 0 Å². The summed E-state index contributed by atoms with van der Waals surface area (Å²) in [7, 11) is -0.703. The lowest BCUT2D eigenvalue weighted by Gasteiger charge is -2.15. The van der Waals surface area contributed by atoms with Gasteiger partial charge in [-0.2, -0.15) is 5.10 Å². The first-order chi connectivity index (χ1) is 14.4. The first-order valence-electron chi connectivity index (χ1n) is 10.2. The van der Waals surface area contributed by atoms with Crippen LogP contribution in [-0.2, 0) is 23.0 Å². The summed E-state index contributed by atoms with van der Waals surface area (Å²) in [5.41, 5.74) is 8.96. The Hall–Kier alpha value is -1.74. The fourth-order valence-electron chi connectivity index (χ4n) is 3.53. The van der Waals surface area contributed by atoms with Crippen molar-refractivity contribution in [3.05, 3.63) is 57.6 Å². The van der Waals surface area contributed by atoms with Crippen molar-refractivity contribution < 1.29 is 12.8 Å². The molecule has 0 aliphatic rings. The number of rotatable bonds is 9. The maximum absolute atomic E-state index is 14.4. The van der Waals surface area contributed by atoms with Crippen LogP contribution in [0.15, 0.2) is 35.0 Å². The minimum absolute atomic E-state index is 0.0602. The average molecular weight is 471 g/mol. The third-order valence-electron chi connectivity index (χ3n) is 4.99. The third-order valence-corrected chi connectivity index (χ3v) is 7.29. The van der Waals surface area contributed by atoms with Gasteiger partial charge in [0, 0.05) is 38.3 Å². The number of halogens is 2. The van der Waals surface area contributed by atoms with Crippen molar-refractivity contribution in [2.45, 2.75) is 57.4 Å². The fraction of sp³-hybridized carbons (Fsp3) is 0.500. The van der Waals surface area contributed by atoms with Crippen molar-refractivity contribution in [2.75, 3.05) is 20.6 Å². The number of hydrogen-bond acceptors (Lipinski definition) is 4. The minimum Gasteiger partial charge on any atom is -0.327 e. The smallest absolute Gasteiger partial charge is 0.244 e. The Labute approximate surface area is 189 Å². The van der Waals surface area contributed by atoms with Crippen molar-refractivity contribution in [1.82, 2.24) is 14.1 Å². The highest BCUT2D eigenvalue weighted by molar-refractivity contribution is 7.89. The number of nitrogens with two attached hydrogens (primary N) is 1. The molecule has 0 aliphatic carbocycles. The Morgan fingerprint density at radius 2 is 1.90 bits per heavy atom. The molecule has 1 heterocycles. The molecule has 0 aliphatic heterocycles. The number of benzene rings is 1. The summed E-state index contributed by atoms with van der Waals surface area (Å²) in [5, 5.41) is 4.95. The quantitative estimate of drug-likeness (QED) is 0.587. The Kier molecular flexibility index (Phi) is 8.44. The van der Waals surface area contributed by atoms with E-state index in [1.165, 1.54) is 26.2 Å². The molecule has 6 nitrogen and oxygen atoms in total. The zero-order valence-corrected chi connectivity index (χ0v) is 20.6. The first kappa shape index (κ1) is 25.5. The molecular formula is C22H32ClFN4O2S. The molecule has 2 aromatic rings. The van der Waals surface area contributed by atoms with Gasteiger partial charge in [-0.25, -0.2) is 17.1 Å². The van der Waals surface area contributed by atoms with E-state index >= 15 is 0 Å².